The zero-order valence-corrected chi connectivity index (χ0v) is 9.93. The van der Waals surface area contributed by atoms with E-state index in [0.717, 1.165) is 23.9 Å². The van der Waals surface area contributed by atoms with Crippen LogP contribution in [0.1, 0.15) is 16.8 Å². The number of hydrogen-bond donors (Lipinski definition) is 2. The molecule has 1 heterocycles. The molecule has 0 spiro atoms. The number of anilines is 1. The van der Waals surface area contributed by atoms with Crippen LogP contribution < -0.4 is 5.73 Å². The Labute approximate surface area is 103 Å². The van der Waals surface area contributed by atoms with Gasteiger partial charge in [0.25, 0.3) is 0 Å². The number of rotatable bonds is 4. The number of aromatic nitrogens is 1. The number of benzene rings is 1. The van der Waals surface area contributed by atoms with Crippen molar-refractivity contribution in [2.24, 2.45) is 0 Å². The molecule has 2 aromatic rings. The minimum Gasteiger partial charge on any atom is -0.398 e. The van der Waals surface area contributed by atoms with Crippen molar-refractivity contribution < 1.29 is 4.39 Å². The van der Waals surface area contributed by atoms with Gasteiger partial charge in [0.05, 0.1) is 16.8 Å². The lowest BCUT2D eigenvalue weighted by Gasteiger charge is -2.06. The maximum absolute atomic E-state index is 13.5. The largest absolute Gasteiger partial charge is 0.398 e. The van der Waals surface area contributed by atoms with Crippen LogP contribution >= 0.6 is 11.3 Å². The van der Waals surface area contributed by atoms with Crippen LogP contribution in [-0.4, -0.2) is 11.2 Å². The summed E-state index contributed by atoms with van der Waals surface area (Å²) >= 11 is 1.55. The molecular weight excluding hydrogens is 237 g/mol. The first-order chi connectivity index (χ1) is 8.20. The van der Waals surface area contributed by atoms with E-state index in [2.05, 4.69) is 4.98 Å². The van der Waals surface area contributed by atoms with Crippen LogP contribution in [0, 0.1) is 11.2 Å². The van der Waals surface area contributed by atoms with Gasteiger partial charge >= 0.3 is 0 Å². The Bertz CT molecular complexity index is 500. The predicted octanol–water partition coefficient (Wildman–Crippen LogP) is 2.65. The van der Waals surface area contributed by atoms with E-state index < -0.39 is 5.82 Å². The average Bonchev–Trinajstić information content (AvgIpc) is 2.79. The molecular formula is C12H12FN3S. The van der Waals surface area contributed by atoms with E-state index in [1.807, 2.05) is 5.38 Å². The third-order valence-corrected chi connectivity index (χ3v) is 3.15. The van der Waals surface area contributed by atoms with Crippen molar-refractivity contribution in [2.75, 3.05) is 5.73 Å². The molecule has 5 heteroatoms. The molecule has 3 N–H and O–H groups in total. The number of nitrogens with two attached hydrogens (primary N) is 1. The van der Waals surface area contributed by atoms with Crippen LogP contribution in [0.4, 0.5) is 10.1 Å². The third-order valence-electron chi connectivity index (χ3n) is 2.52. The standard InChI is InChI=1S/C12H12FN3S/c13-11-3-8(4-12(15)10(11)5-14)1-2-9-6-17-7-16-9/h3-7,14H,1-2,15H2. The summed E-state index contributed by atoms with van der Waals surface area (Å²) in [6.45, 7) is 0. The average molecular weight is 249 g/mol. The van der Waals surface area contributed by atoms with E-state index in [4.69, 9.17) is 11.1 Å². The zero-order chi connectivity index (χ0) is 12.3. The highest BCUT2D eigenvalue weighted by atomic mass is 32.1. The number of halogens is 1. The monoisotopic (exact) mass is 249 g/mol. The van der Waals surface area contributed by atoms with E-state index in [-0.39, 0.29) is 5.56 Å². The molecule has 0 amide bonds. The molecule has 0 fully saturated rings. The number of thiazole rings is 1. The fraction of sp³-hybridized carbons (Fsp3) is 0.167. The lowest BCUT2D eigenvalue weighted by molar-refractivity contribution is 0.624. The van der Waals surface area contributed by atoms with Gasteiger partial charge in [0.2, 0.25) is 0 Å². The van der Waals surface area contributed by atoms with Crippen molar-refractivity contribution in [3.8, 4) is 0 Å². The number of aryl methyl sites for hydroxylation is 2. The van der Waals surface area contributed by atoms with Gasteiger partial charge in [-0.05, 0) is 30.5 Å². The summed E-state index contributed by atoms with van der Waals surface area (Å²) in [4.78, 5) is 4.17. The minimum absolute atomic E-state index is 0.155. The van der Waals surface area contributed by atoms with Gasteiger partial charge in [-0.2, -0.15) is 0 Å². The smallest absolute Gasteiger partial charge is 0.134 e. The molecule has 0 aliphatic heterocycles. The lowest BCUT2D eigenvalue weighted by Crippen LogP contribution is -2.00. The summed E-state index contributed by atoms with van der Waals surface area (Å²) in [7, 11) is 0. The van der Waals surface area contributed by atoms with E-state index in [1.165, 1.54) is 6.07 Å². The maximum Gasteiger partial charge on any atom is 0.134 e. The molecule has 3 nitrogen and oxygen atoms in total. The maximum atomic E-state index is 13.5. The molecule has 0 radical (unpaired) electrons. The number of nitrogens with one attached hydrogen (secondary N) is 1. The quantitative estimate of drug-likeness (QED) is 0.646. The van der Waals surface area contributed by atoms with Crippen molar-refractivity contribution in [3.05, 3.63) is 45.7 Å². The van der Waals surface area contributed by atoms with Crippen LogP contribution in [0.3, 0.4) is 0 Å². The molecule has 0 saturated carbocycles. The van der Waals surface area contributed by atoms with Crippen LogP contribution in [0.25, 0.3) is 0 Å². The van der Waals surface area contributed by atoms with Crippen molar-refractivity contribution in [3.63, 3.8) is 0 Å². The molecule has 0 bridgehead atoms. The molecule has 1 aromatic heterocycles. The molecule has 0 aliphatic rings. The summed E-state index contributed by atoms with van der Waals surface area (Å²) in [5.41, 5.74) is 9.76. The SMILES string of the molecule is N=Cc1c(N)cc(CCc2cscn2)cc1F. The van der Waals surface area contributed by atoms with Gasteiger partial charge < -0.3 is 11.1 Å². The number of nitrogen functional groups attached to an aromatic ring is 1. The van der Waals surface area contributed by atoms with Crippen molar-refractivity contribution in [2.45, 2.75) is 12.8 Å². The first kappa shape index (κ1) is 11.7. The predicted molar refractivity (Wildman–Crippen MR) is 68.2 cm³/mol. The minimum atomic E-state index is -0.437. The van der Waals surface area contributed by atoms with E-state index in [0.29, 0.717) is 12.1 Å². The van der Waals surface area contributed by atoms with Gasteiger partial charge in [0.1, 0.15) is 5.82 Å². The van der Waals surface area contributed by atoms with Gasteiger partial charge in [0.15, 0.2) is 0 Å². The first-order valence-electron chi connectivity index (χ1n) is 5.16. The Morgan fingerprint density at radius 2 is 2.24 bits per heavy atom. The molecule has 0 unspecified atom stereocenters. The molecule has 17 heavy (non-hydrogen) atoms. The number of hydrogen-bond acceptors (Lipinski definition) is 4. The number of nitrogens with zero attached hydrogens (tertiary/aromatic N) is 1. The first-order valence-corrected chi connectivity index (χ1v) is 6.10. The summed E-state index contributed by atoms with van der Waals surface area (Å²) in [5, 5.41) is 9.04. The van der Waals surface area contributed by atoms with Crippen LogP contribution in [0.2, 0.25) is 0 Å². The van der Waals surface area contributed by atoms with Crippen molar-refractivity contribution >= 4 is 23.2 Å². The summed E-state index contributed by atoms with van der Waals surface area (Å²) in [6.07, 6.45) is 2.41. The summed E-state index contributed by atoms with van der Waals surface area (Å²) in [5.74, 6) is -0.437. The summed E-state index contributed by atoms with van der Waals surface area (Å²) in [6, 6.07) is 3.15. The molecule has 0 aliphatic carbocycles. The Morgan fingerprint density at radius 1 is 1.41 bits per heavy atom. The zero-order valence-electron chi connectivity index (χ0n) is 9.11. The van der Waals surface area contributed by atoms with E-state index in [9.17, 15) is 4.39 Å². The fourth-order valence-electron chi connectivity index (χ4n) is 1.63. The lowest BCUT2D eigenvalue weighted by atomic mass is 10.0. The van der Waals surface area contributed by atoms with Crippen molar-refractivity contribution in [1.82, 2.24) is 4.98 Å². The van der Waals surface area contributed by atoms with Gasteiger partial charge in [-0.3, -0.25) is 0 Å². The molecule has 0 atom stereocenters. The normalized spacial score (nSPS) is 10.4. The molecule has 2 rings (SSSR count). The second kappa shape index (κ2) is 5.05. The fourth-order valence-corrected chi connectivity index (χ4v) is 2.22. The van der Waals surface area contributed by atoms with Gasteiger partial charge in [-0.15, -0.1) is 11.3 Å². The van der Waals surface area contributed by atoms with E-state index >= 15 is 0 Å². The highest BCUT2D eigenvalue weighted by Crippen LogP contribution is 2.18. The Hall–Kier alpha value is -1.75. The summed E-state index contributed by atoms with van der Waals surface area (Å²) < 4.78 is 13.5. The van der Waals surface area contributed by atoms with Gasteiger partial charge in [-0.25, -0.2) is 9.37 Å². The van der Waals surface area contributed by atoms with Crippen LogP contribution in [0.15, 0.2) is 23.0 Å². The second-order valence-electron chi connectivity index (χ2n) is 3.70. The van der Waals surface area contributed by atoms with E-state index in [1.54, 1.807) is 22.9 Å². The van der Waals surface area contributed by atoms with Gasteiger partial charge in [-0.1, -0.05) is 0 Å². The Morgan fingerprint density at radius 3 is 2.82 bits per heavy atom. The molecule has 1 aromatic carbocycles. The highest BCUT2D eigenvalue weighted by Gasteiger charge is 2.07. The second-order valence-corrected chi connectivity index (χ2v) is 4.42. The van der Waals surface area contributed by atoms with Crippen LogP contribution in [0.5, 0.6) is 0 Å². The highest BCUT2D eigenvalue weighted by molar-refractivity contribution is 7.07. The molecule has 0 saturated heterocycles. The topological polar surface area (TPSA) is 62.8 Å². The molecule has 88 valence electrons. The van der Waals surface area contributed by atoms with Crippen LogP contribution in [-0.2, 0) is 12.8 Å². The Kier molecular flexibility index (Phi) is 3.49. The van der Waals surface area contributed by atoms with Gasteiger partial charge in [0, 0.05) is 17.3 Å². The Balaban J connectivity index is 2.14. The van der Waals surface area contributed by atoms with Crippen molar-refractivity contribution in [1.29, 1.82) is 5.41 Å². The third kappa shape index (κ3) is 2.68.